The first-order chi connectivity index (χ1) is 14.3. The second-order valence-electron chi connectivity index (χ2n) is 7.88. The van der Waals surface area contributed by atoms with Crippen LogP contribution in [0.2, 0.25) is 5.02 Å². The van der Waals surface area contributed by atoms with Gasteiger partial charge in [-0.15, -0.1) is 0 Å². The van der Waals surface area contributed by atoms with Crippen LogP contribution in [0.5, 0.6) is 5.75 Å². The number of halogens is 1. The zero-order valence-corrected chi connectivity index (χ0v) is 18.2. The summed E-state index contributed by atoms with van der Waals surface area (Å²) in [6.45, 7) is 6.46. The SMILES string of the molecule is CCOc1ccc(Cc2cc([C@@H]3OC(=CC(C)C)[C@@H](O)[C@H](O)[C@H]3O)ccc2Cl)cc1. The van der Waals surface area contributed by atoms with Crippen molar-refractivity contribution in [2.75, 3.05) is 6.61 Å². The number of ether oxygens (including phenoxy) is 2. The first kappa shape index (κ1) is 22.6. The van der Waals surface area contributed by atoms with Gasteiger partial charge in [0.25, 0.3) is 0 Å². The summed E-state index contributed by atoms with van der Waals surface area (Å²) in [5, 5.41) is 31.7. The van der Waals surface area contributed by atoms with Crippen LogP contribution in [0.1, 0.15) is 43.6 Å². The summed E-state index contributed by atoms with van der Waals surface area (Å²) in [5.74, 6) is 1.21. The van der Waals surface area contributed by atoms with Crippen molar-refractivity contribution >= 4 is 11.6 Å². The average molecular weight is 433 g/mol. The zero-order valence-electron chi connectivity index (χ0n) is 17.5. The Balaban J connectivity index is 1.86. The monoisotopic (exact) mass is 432 g/mol. The number of allylic oxidation sites excluding steroid dienone is 1. The third-order valence-electron chi connectivity index (χ3n) is 5.06. The number of benzene rings is 2. The van der Waals surface area contributed by atoms with Crippen molar-refractivity contribution in [3.05, 3.63) is 76.0 Å². The molecule has 30 heavy (non-hydrogen) atoms. The van der Waals surface area contributed by atoms with Gasteiger partial charge in [0.1, 0.15) is 29.8 Å². The smallest absolute Gasteiger partial charge is 0.152 e. The van der Waals surface area contributed by atoms with Crippen LogP contribution in [0.25, 0.3) is 0 Å². The summed E-state index contributed by atoms with van der Waals surface area (Å²) in [5.41, 5.74) is 2.64. The van der Waals surface area contributed by atoms with E-state index in [1.165, 1.54) is 0 Å². The lowest BCUT2D eigenvalue weighted by atomic mass is 9.91. The molecule has 1 saturated heterocycles. The fraction of sp³-hybridized carbons (Fsp3) is 0.417. The van der Waals surface area contributed by atoms with Crippen LogP contribution in [0.3, 0.4) is 0 Å². The van der Waals surface area contributed by atoms with Gasteiger partial charge in [0, 0.05) is 5.02 Å². The first-order valence-electron chi connectivity index (χ1n) is 10.2. The third-order valence-corrected chi connectivity index (χ3v) is 5.43. The van der Waals surface area contributed by atoms with Crippen molar-refractivity contribution < 1.29 is 24.8 Å². The molecule has 2 aromatic rings. The Kier molecular flexibility index (Phi) is 7.42. The molecule has 1 aliphatic rings. The predicted octanol–water partition coefficient (Wildman–Crippen LogP) is 4.02. The molecular formula is C24H29ClO5. The average Bonchev–Trinajstić information content (AvgIpc) is 2.71. The number of aliphatic hydroxyl groups excluding tert-OH is 3. The van der Waals surface area contributed by atoms with E-state index in [0.29, 0.717) is 23.6 Å². The Morgan fingerprint density at radius 2 is 1.77 bits per heavy atom. The lowest BCUT2D eigenvalue weighted by molar-refractivity contribution is -0.158. The van der Waals surface area contributed by atoms with Gasteiger partial charge in [0.2, 0.25) is 0 Å². The van der Waals surface area contributed by atoms with Crippen LogP contribution < -0.4 is 4.74 Å². The quantitative estimate of drug-likeness (QED) is 0.642. The topological polar surface area (TPSA) is 79.2 Å². The molecule has 6 heteroatoms. The van der Waals surface area contributed by atoms with Gasteiger partial charge in [-0.05, 0) is 60.2 Å². The largest absolute Gasteiger partial charge is 0.494 e. The van der Waals surface area contributed by atoms with E-state index in [2.05, 4.69) is 0 Å². The molecule has 3 N–H and O–H groups in total. The standard InChI is InChI=1S/C24H29ClO5/c1-4-29-18-8-5-15(6-9-18)12-17-13-16(7-10-19(17)25)24-23(28)22(27)21(26)20(30-24)11-14(2)3/h5-11,13-14,21-24,26-28H,4,12H2,1-3H3/t21-,22+,23-,24+/m1/s1. The second kappa shape index (κ2) is 9.84. The Morgan fingerprint density at radius 3 is 2.40 bits per heavy atom. The lowest BCUT2D eigenvalue weighted by Gasteiger charge is -2.38. The molecule has 1 fully saturated rings. The molecule has 1 aliphatic heterocycles. The van der Waals surface area contributed by atoms with E-state index in [1.807, 2.05) is 51.1 Å². The number of rotatable bonds is 6. The van der Waals surface area contributed by atoms with E-state index in [1.54, 1.807) is 18.2 Å². The van der Waals surface area contributed by atoms with Gasteiger partial charge in [0.05, 0.1) is 6.61 Å². The summed E-state index contributed by atoms with van der Waals surface area (Å²) in [6.07, 6.45) is -2.30. The van der Waals surface area contributed by atoms with E-state index < -0.39 is 24.4 Å². The first-order valence-corrected chi connectivity index (χ1v) is 10.6. The highest BCUT2D eigenvalue weighted by Gasteiger charge is 2.42. The molecule has 3 rings (SSSR count). The van der Waals surface area contributed by atoms with Crippen LogP contribution in [-0.2, 0) is 11.2 Å². The second-order valence-corrected chi connectivity index (χ2v) is 8.29. The maximum absolute atomic E-state index is 10.5. The Labute approximate surface area is 182 Å². The van der Waals surface area contributed by atoms with Crippen molar-refractivity contribution in [2.24, 2.45) is 5.92 Å². The molecule has 0 aromatic heterocycles. The normalized spacial score (nSPS) is 25.4. The van der Waals surface area contributed by atoms with E-state index in [9.17, 15) is 15.3 Å². The molecule has 0 saturated carbocycles. The molecule has 0 spiro atoms. The minimum absolute atomic E-state index is 0.123. The van der Waals surface area contributed by atoms with E-state index in [-0.39, 0.29) is 11.7 Å². The molecule has 1 heterocycles. The van der Waals surface area contributed by atoms with Crippen LogP contribution in [0, 0.1) is 5.92 Å². The number of aliphatic hydroxyl groups is 3. The number of hydrogen-bond acceptors (Lipinski definition) is 5. The summed E-state index contributed by atoms with van der Waals surface area (Å²) < 4.78 is 11.4. The van der Waals surface area contributed by atoms with Crippen LogP contribution in [-0.4, -0.2) is 40.2 Å². The Morgan fingerprint density at radius 1 is 1.07 bits per heavy atom. The fourth-order valence-electron chi connectivity index (χ4n) is 3.55. The molecule has 0 unspecified atom stereocenters. The molecule has 0 aliphatic carbocycles. The summed E-state index contributed by atoms with van der Waals surface area (Å²) in [4.78, 5) is 0. The number of hydrogen-bond donors (Lipinski definition) is 3. The maximum atomic E-state index is 10.5. The Hall–Kier alpha value is -2.05. The summed E-state index contributed by atoms with van der Waals surface area (Å²) in [7, 11) is 0. The van der Waals surface area contributed by atoms with Crippen molar-refractivity contribution in [1.29, 1.82) is 0 Å². The molecule has 2 aromatic carbocycles. The Bertz CT molecular complexity index is 878. The lowest BCUT2D eigenvalue weighted by Crippen LogP contribution is -2.48. The minimum Gasteiger partial charge on any atom is -0.494 e. The zero-order chi connectivity index (χ0) is 21.8. The van der Waals surface area contributed by atoms with E-state index in [4.69, 9.17) is 21.1 Å². The van der Waals surface area contributed by atoms with Crippen LogP contribution in [0.15, 0.2) is 54.3 Å². The van der Waals surface area contributed by atoms with Crippen LogP contribution in [0.4, 0.5) is 0 Å². The van der Waals surface area contributed by atoms with Gasteiger partial charge in [-0.2, -0.15) is 0 Å². The molecule has 0 bridgehead atoms. The minimum atomic E-state index is -1.33. The van der Waals surface area contributed by atoms with Crippen LogP contribution >= 0.6 is 11.6 Å². The maximum Gasteiger partial charge on any atom is 0.152 e. The molecule has 5 nitrogen and oxygen atoms in total. The molecule has 0 amide bonds. The van der Waals surface area contributed by atoms with Gasteiger partial charge < -0.3 is 24.8 Å². The van der Waals surface area contributed by atoms with E-state index >= 15 is 0 Å². The predicted molar refractivity (Wildman–Crippen MR) is 117 cm³/mol. The van der Waals surface area contributed by atoms with Gasteiger partial charge in [0.15, 0.2) is 6.10 Å². The van der Waals surface area contributed by atoms with Gasteiger partial charge >= 0.3 is 0 Å². The molecule has 162 valence electrons. The highest BCUT2D eigenvalue weighted by Crippen LogP contribution is 2.36. The highest BCUT2D eigenvalue weighted by molar-refractivity contribution is 6.31. The van der Waals surface area contributed by atoms with Crippen molar-refractivity contribution in [2.45, 2.75) is 51.6 Å². The van der Waals surface area contributed by atoms with Crippen molar-refractivity contribution in [1.82, 2.24) is 0 Å². The molecule has 4 atom stereocenters. The van der Waals surface area contributed by atoms with Crippen molar-refractivity contribution in [3.8, 4) is 5.75 Å². The molecular weight excluding hydrogens is 404 g/mol. The van der Waals surface area contributed by atoms with Gasteiger partial charge in [-0.3, -0.25) is 0 Å². The fourth-order valence-corrected chi connectivity index (χ4v) is 3.73. The summed E-state index contributed by atoms with van der Waals surface area (Å²) in [6, 6.07) is 13.2. The highest BCUT2D eigenvalue weighted by atomic mass is 35.5. The van der Waals surface area contributed by atoms with E-state index in [0.717, 1.165) is 16.9 Å². The van der Waals surface area contributed by atoms with Gasteiger partial charge in [-0.1, -0.05) is 49.7 Å². The third kappa shape index (κ3) is 5.16. The molecule has 0 radical (unpaired) electrons. The summed E-state index contributed by atoms with van der Waals surface area (Å²) >= 11 is 6.42. The van der Waals surface area contributed by atoms with Crippen molar-refractivity contribution in [3.63, 3.8) is 0 Å². The van der Waals surface area contributed by atoms with Gasteiger partial charge in [-0.25, -0.2) is 0 Å².